The summed E-state index contributed by atoms with van der Waals surface area (Å²) in [6.07, 6.45) is 0.182. The van der Waals surface area contributed by atoms with Crippen molar-refractivity contribution in [2.24, 2.45) is 0 Å². The molecule has 100 valence electrons. The molecule has 0 saturated carbocycles. The summed E-state index contributed by atoms with van der Waals surface area (Å²) in [5.74, 6) is -0.446. The molecule has 6 nitrogen and oxygen atoms in total. The lowest BCUT2D eigenvalue weighted by molar-refractivity contribution is -0.385. The standard InChI is InChI=1S/C13H15N3O3/c1-9-4-5-12(16(18)19)11(8-9)13(17)15(3)10(2)6-7-14/h4-5,8,10H,6H2,1-3H3. The van der Waals surface area contributed by atoms with Crippen LogP contribution in [0.3, 0.4) is 0 Å². The van der Waals surface area contributed by atoms with E-state index in [0.29, 0.717) is 0 Å². The Hall–Kier alpha value is -2.42. The summed E-state index contributed by atoms with van der Waals surface area (Å²) in [7, 11) is 1.54. The lowest BCUT2D eigenvalue weighted by atomic mass is 10.1. The highest BCUT2D eigenvalue weighted by Gasteiger charge is 2.25. The molecule has 0 saturated heterocycles. The van der Waals surface area contributed by atoms with Gasteiger partial charge in [0.15, 0.2) is 0 Å². The van der Waals surface area contributed by atoms with Gasteiger partial charge >= 0.3 is 0 Å². The summed E-state index contributed by atoms with van der Waals surface area (Å²) in [6, 6.07) is 6.09. The largest absolute Gasteiger partial charge is 0.338 e. The van der Waals surface area contributed by atoms with E-state index in [0.717, 1.165) is 5.56 Å². The summed E-state index contributed by atoms with van der Waals surface area (Å²) in [6.45, 7) is 3.49. The fourth-order valence-corrected chi connectivity index (χ4v) is 1.64. The van der Waals surface area contributed by atoms with Crippen molar-refractivity contribution in [1.82, 2.24) is 4.90 Å². The van der Waals surface area contributed by atoms with Gasteiger partial charge in [0, 0.05) is 19.2 Å². The number of hydrogen-bond donors (Lipinski definition) is 0. The molecule has 0 aliphatic rings. The van der Waals surface area contributed by atoms with E-state index in [2.05, 4.69) is 0 Å². The lowest BCUT2D eigenvalue weighted by Crippen LogP contribution is -2.35. The number of hydrogen-bond acceptors (Lipinski definition) is 4. The number of carbonyl (C=O) groups is 1. The maximum absolute atomic E-state index is 12.3. The quantitative estimate of drug-likeness (QED) is 0.614. The van der Waals surface area contributed by atoms with Gasteiger partial charge in [-0.15, -0.1) is 0 Å². The Morgan fingerprint density at radius 1 is 1.58 bits per heavy atom. The third kappa shape index (κ3) is 3.28. The number of nitro groups is 1. The van der Waals surface area contributed by atoms with E-state index >= 15 is 0 Å². The first-order valence-corrected chi connectivity index (χ1v) is 5.77. The van der Waals surface area contributed by atoms with Crippen molar-refractivity contribution in [3.63, 3.8) is 0 Å². The second kappa shape index (κ2) is 5.96. The molecule has 1 unspecified atom stereocenters. The minimum atomic E-state index is -0.574. The molecule has 1 aromatic rings. The van der Waals surface area contributed by atoms with E-state index in [1.165, 1.54) is 24.1 Å². The van der Waals surface area contributed by atoms with Crippen molar-refractivity contribution < 1.29 is 9.72 Å². The third-order valence-corrected chi connectivity index (χ3v) is 2.95. The van der Waals surface area contributed by atoms with Crippen molar-refractivity contribution in [1.29, 1.82) is 5.26 Å². The Kier molecular flexibility index (Phi) is 4.59. The first-order valence-electron chi connectivity index (χ1n) is 5.77. The highest BCUT2D eigenvalue weighted by molar-refractivity contribution is 5.98. The topological polar surface area (TPSA) is 87.2 Å². The van der Waals surface area contributed by atoms with Gasteiger partial charge in [0.1, 0.15) is 5.56 Å². The van der Waals surface area contributed by atoms with Crippen LogP contribution in [0, 0.1) is 28.4 Å². The van der Waals surface area contributed by atoms with Crippen molar-refractivity contribution >= 4 is 11.6 Å². The number of aryl methyl sites for hydroxylation is 1. The van der Waals surface area contributed by atoms with Crippen molar-refractivity contribution in [3.8, 4) is 6.07 Å². The summed E-state index contributed by atoms with van der Waals surface area (Å²) >= 11 is 0. The molecule has 6 heteroatoms. The average Bonchev–Trinajstić information content (AvgIpc) is 2.36. The van der Waals surface area contributed by atoms with Crippen LogP contribution >= 0.6 is 0 Å². The molecule has 0 spiro atoms. The number of benzene rings is 1. The fraction of sp³-hybridized carbons (Fsp3) is 0.385. The van der Waals surface area contributed by atoms with Crippen molar-refractivity contribution in [2.45, 2.75) is 26.3 Å². The van der Waals surface area contributed by atoms with Crippen LogP contribution in [0.5, 0.6) is 0 Å². The Morgan fingerprint density at radius 2 is 2.21 bits per heavy atom. The minimum Gasteiger partial charge on any atom is -0.338 e. The minimum absolute atomic E-state index is 0.0530. The monoisotopic (exact) mass is 261 g/mol. The molecule has 1 atom stereocenters. The number of nitro benzene ring substituents is 1. The molecule has 0 aliphatic carbocycles. The summed E-state index contributed by atoms with van der Waals surface area (Å²) in [5, 5.41) is 19.6. The molecule has 1 amide bonds. The molecule has 1 rings (SSSR count). The van der Waals surface area contributed by atoms with Crippen LogP contribution in [0.15, 0.2) is 18.2 Å². The maximum atomic E-state index is 12.3. The van der Waals surface area contributed by atoms with E-state index in [-0.39, 0.29) is 23.7 Å². The molecule has 1 aromatic carbocycles. The number of nitriles is 1. The van der Waals surface area contributed by atoms with Crippen LogP contribution in [0.25, 0.3) is 0 Å². The Bertz CT molecular complexity index is 549. The molecule has 0 radical (unpaired) electrons. The van der Waals surface area contributed by atoms with Gasteiger partial charge in [-0.1, -0.05) is 6.07 Å². The van der Waals surface area contributed by atoms with Gasteiger partial charge in [0.25, 0.3) is 11.6 Å². The Labute approximate surface area is 111 Å². The van der Waals surface area contributed by atoms with E-state index < -0.39 is 10.8 Å². The van der Waals surface area contributed by atoms with Crippen LogP contribution < -0.4 is 0 Å². The second-order valence-electron chi connectivity index (χ2n) is 4.41. The lowest BCUT2D eigenvalue weighted by Gasteiger charge is -2.22. The Balaban J connectivity index is 3.15. The van der Waals surface area contributed by atoms with Crippen LogP contribution in [0.1, 0.15) is 29.3 Å². The molecule has 0 N–H and O–H groups in total. The van der Waals surface area contributed by atoms with Gasteiger partial charge in [-0.05, 0) is 25.5 Å². The van der Waals surface area contributed by atoms with Crippen molar-refractivity contribution in [3.05, 3.63) is 39.4 Å². The van der Waals surface area contributed by atoms with Gasteiger partial charge in [-0.2, -0.15) is 5.26 Å². The zero-order valence-electron chi connectivity index (χ0n) is 11.1. The predicted molar refractivity (Wildman–Crippen MR) is 69.6 cm³/mol. The normalized spacial score (nSPS) is 11.5. The van der Waals surface area contributed by atoms with Gasteiger partial charge in [0.05, 0.1) is 17.4 Å². The molecule has 0 aliphatic heterocycles. The zero-order chi connectivity index (χ0) is 14.6. The highest BCUT2D eigenvalue weighted by Crippen LogP contribution is 2.22. The van der Waals surface area contributed by atoms with E-state index in [9.17, 15) is 14.9 Å². The fourth-order valence-electron chi connectivity index (χ4n) is 1.64. The van der Waals surface area contributed by atoms with Crippen LogP contribution in [0.4, 0.5) is 5.69 Å². The van der Waals surface area contributed by atoms with E-state index in [4.69, 9.17) is 5.26 Å². The molecule has 0 bridgehead atoms. The maximum Gasteiger partial charge on any atom is 0.282 e. The first kappa shape index (κ1) is 14.6. The Morgan fingerprint density at radius 3 is 2.74 bits per heavy atom. The summed E-state index contributed by atoms with van der Waals surface area (Å²) in [5.41, 5.74) is 0.610. The zero-order valence-corrected chi connectivity index (χ0v) is 11.1. The number of carbonyl (C=O) groups excluding carboxylic acids is 1. The first-order chi connectivity index (χ1) is 8.88. The molecule has 0 aromatic heterocycles. The molecule has 19 heavy (non-hydrogen) atoms. The number of rotatable bonds is 4. The van der Waals surface area contributed by atoms with E-state index in [1.807, 2.05) is 6.07 Å². The third-order valence-electron chi connectivity index (χ3n) is 2.95. The van der Waals surface area contributed by atoms with Crippen molar-refractivity contribution in [2.75, 3.05) is 7.05 Å². The molecule has 0 fully saturated rings. The summed E-state index contributed by atoms with van der Waals surface area (Å²) in [4.78, 5) is 24.0. The number of nitrogens with zero attached hydrogens (tertiary/aromatic N) is 3. The molecule has 0 heterocycles. The highest BCUT2D eigenvalue weighted by atomic mass is 16.6. The van der Waals surface area contributed by atoms with Crippen LogP contribution in [0.2, 0.25) is 0 Å². The van der Waals surface area contributed by atoms with Gasteiger partial charge < -0.3 is 4.90 Å². The summed E-state index contributed by atoms with van der Waals surface area (Å²) < 4.78 is 0. The smallest absolute Gasteiger partial charge is 0.282 e. The number of amides is 1. The van der Waals surface area contributed by atoms with Crippen LogP contribution in [-0.4, -0.2) is 28.8 Å². The molecular formula is C13H15N3O3. The van der Waals surface area contributed by atoms with Crippen LogP contribution in [-0.2, 0) is 0 Å². The van der Waals surface area contributed by atoms with Gasteiger partial charge in [-0.25, -0.2) is 0 Å². The SMILES string of the molecule is Cc1ccc([N+](=O)[O-])c(C(=O)N(C)C(C)CC#N)c1. The van der Waals surface area contributed by atoms with Gasteiger partial charge in [-0.3, -0.25) is 14.9 Å². The van der Waals surface area contributed by atoms with Gasteiger partial charge in [0.2, 0.25) is 0 Å². The average molecular weight is 261 g/mol. The van der Waals surface area contributed by atoms with E-state index in [1.54, 1.807) is 19.9 Å². The molecular weight excluding hydrogens is 246 g/mol. The second-order valence-corrected chi connectivity index (χ2v) is 4.41. The predicted octanol–water partition coefficient (Wildman–Crippen LogP) is 2.28.